The van der Waals surface area contributed by atoms with Crippen molar-refractivity contribution in [3.05, 3.63) is 0 Å². The fraction of sp³-hybridized carbons (Fsp3) is 0.929. The van der Waals surface area contributed by atoms with Crippen molar-refractivity contribution in [2.45, 2.75) is 32.7 Å². The second-order valence-electron chi connectivity index (χ2n) is 5.19. The quantitative estimate of drug-likeness (QED) is 0.653. The van der Waals surface area contributed by atoms with E-state index >= 15 is 0 Å². The van der Waals surface area contributed by atoms with Gasteiger partial charge in [-0.15, -0.1) is 0 Å². The van der Waals surface area contributed by atoms with Crippen molar-refractivity contribution in [1.82, 2.24) is 15.1 Å². The minimum atomic E-state index is -0.153. The molecule has 0 aromatic rings. The number of ether oxygens (including phenoxy) is 1. The first-order chi connectivity index (χ1) is 9.17. The molecule has 1 aliphatic heterocycles. The third-order valence-electron chi connectivity index (χ3n) is 3.54. The van der Waals surface area contributed by atoms with E-state index in [0.29, 0.717) is 6.61 Å². The summed E-state index contributed by atoms with van der Waals surface area (Å²) in [4.78, 5) is 16.6. The monoisotopic (exact) mass is 271 g/mol. The number of nitrogens with zero attached hydrogens (tertiary/aromatic N) is 2. The predicted molar refractivity (Wildman–Crippen MR) is 77.3 cm³/mol. The second kappa shape index (κ2) is 9.28. The molecular formula is C14H29N3O2. The van der Waals surface area contributed by atoms with Gasteiger partial charge in [0, 0.05) is 32.7 Å². The molecule has 0 amide bonds. The first kappa shape index (κ1) is 16.4. The van der Waals surface area contributed by atoms with Crippen LogP contribution in [0.2, 0.25) is 0 Å². The fourth-order valence-corrected chi connectivity index (χ4v) is 2.25. The molecule has 1 heterocycles. The zero-order valence-corrected chi connectivity index (χ0v) is 12.7. The van der Waals surface area contributed by atoms with Crippen molar-refractivity contribution in [1.29, 1.82) is 0 Å². The molecule has 1 N–H and O–H groups in total. The van der Waals surface area contributed by atoms with Gasteiger partial charge in [-0.3, -0.25) is 4.79 Å². The van der Waals surface area contributed by atoms with E-state index in [9.17, 15) is 4.79 Å². The fourth-order valence-electron chi connectivity index (χ4n) is 2.25. The van der Waals surface area contributed by atoms with Crippen LogP contribution in [-0.2, 0) is 9.53 Å². The van der Waals surface area contributed by atoms with Crippen LogP contribution >= 0.6 is 0 Å². The molecule has 0 aromatic heterocycles. The Morgan fingerprint density at radius 1 is 1.26 bits per heavy atom. The van der Waals surface area contributed by atoms with E-state index in [2.05, 4.69) is 29.1 Å². The third kappa shape index (κ3) is 6.36. The highest BCUT2D eigenvalue weighted by molar-refractivity contribution is 5.75. The van der Waals surface area contributed by atoms with E-state index in [1.54, 1.807) is 0 Å². The van der Waals surface area contributed by atoms with Crippen LogP contribution in [0.5, 0.6) is 0 Å². The van der Waals surface area contributed by atoms with Crippen LogP contribution in [0.15, 0.2) is 0 Å². The van der Waals surface area contributed by atoms with Crippen LogP contribution in [0.1, 0.15) is 26.7 Å². The molecule has 1 unspecified atom stereocenters. The Morgan fingerprint density at radius 2 is 1.95 bits per heavy atom. The van der Waals surface area contributed by atoms with Gasteiger partial charge in [0.25, 0.3) is 0 Å². The topological polar surface area (TPSA) is 44.8 Å². The molecule has 1 fully saturated rings. The average Bonchev–Trinajstić information content (AvgIpc) is 2.41. The number of hydrogen-bond acceptors (Lipinski definition) is 5. The van der Waals surface area contributed by atoms with Gasteiger partial charge in [0.05, 0.1) is 6.61 Å². The van der Waals surface area contributed by atoms with Crippen LogP contribution in [-0.4, -0.2) is 74.7 Å². The maximum atomic E-state index is 11.9. The Morgan fingerprint density at radius 3 is 2.53 bits per heavy atom. The SMILES string of the molecule is CCCNC(CCN1CCN(C)CC1)C(=O)OCC. The molecular weight excluding hydrogens is 242 g/mol. The van der Waals surface area contributed by atoms with Gasteiger partial charge in [0.1, 0.15) is 6.04 Å². The molecule has 0 radical (unpaired) electrons. The van der Waals surface area contributed by atoms with E-state index in [-0.39, 0.29) is 12.0 Å². The number of hydrogen-bond donors (Lipinski definition) is 1. The molecule has 0 bridgehead atoms. The number of rotatable bonds is 8. The lowest BCUT2D eigenvalue weighted by Crippen LogP contribution is -2.47. The summed E-state index contributed by atoms with van der Waals surface area (Å²) < 4.78 is 5.13. The molecule has 0 spiro atoms. The number of likely N-dealkylation sites (N-methyl/N-ethyl adjacent to an activating group) is 1. The number of esters is 1. The highest BCUT2D eigenvalue weighted by Gasteiger charge is 2.21. The lowest BCUT2D eigenvalue weighted by molar-refractivity contribution is -0.146. The smallest absolute Gasteiger partial charge is 0.323 e. The van der Waals surface area contributed by atoms with E-state index in [4.69, 9.17) is 4.74 Å². The van der Waals surface area contributed by atoms with Crippen molar-refractivity contribution in [3.63, 3.8) is 0 Å². The van der Waals surface area contributed by atoms with Crippen LogP contribution in [0.4, 0.5) is 0 Å². The summed E-state index contributed by atoms with van der Waals surface area (Å²) in [7, 11) is 2.15. The van der Waals surface area contributed by atoms with Crippen molar-refractivity contribution < 1.29 is 9.53 Å². The van der Waals surface area contributed by atoms with Gasteiger partial charge in [0.15, 0.2) is 0 Å². The maximum Gasteiger partial charge on any atom is 0.323 e. The lowest BCUT2D eigenvalue weighted by atomic mass is 10.2. The molecule has 1 atom stereocenters. The van der Waals surface area contributed by atoms with Crippen LogP contribution in [0.25, 0.3) is 0 Å². The Labute approximate surface area is 117 Å². The molecule has 1 aliphatic rings. The van der Waals surface area contributed by atoms with Gasteiger partial charge in [-0.05, 0) is 33.4 Å². The molecule has 5 heteroatoms. The zero-order chi connectivity index (χ0) is 14.1. The van der Waals surface area contributed by atoms with Crippen molar-refractivity contribution in [3.8, 4) is 0 Å². The zero-order valence-electron chi connectivity index (χ0n) is 12.7. The largest absolute Gasteiger partial charge is 0.465 e. The van der Waals surface area contributed by atoms with E-state index in [1.165, 1.54) is 0 Å². The van der Waals surface area contributed by atoms with Crippen molar-refractivity contribution >= 4 is 5.97 Å². The van der Waals surface area contributed by atoms with Crippen LogP contribution in [0, 0.1) is 0 Å². The molecule has 19 heavy (non-hydrogen) atoms. The van der Waals surface area contributed by atoms with Crippen LogP contribution < -0.4 is 5.32 Å². The predicted octanol–water partition coefficient (Wildman–Crippen LogP) is 0.555. The molecule has 1 rings (SSSR count). The van der Waals surface area contributed by atoms with E-state index in [0.717, 1.165) is 52.1 Å². The average molecular weight is 271 g/mol. The normalized spacial score (nSPS) is 19.3. The summed E-state index contributed by atoms with van der Waals surface area (Å²) in [6, 6.07) is -0.153. The number of piperazine rings is 1. The van der Waals surface area contributed by atoms with Gasteiger partial charge in [-0.2, -0.15) is 0 Å². The Hall–Kier alpha value is -0.650. The molecule has 0 aromatic carbocycles. The summed E-state index contributed by atoms with van der Waals surface area (Å²) in [5.74, 6) is -0.106. The summed E-state index contributed by atoms with van der Waals surface area (Å²) in [6.07, 6.45) is 1.87. The highest BCUT2D eigenvalue weighted by Crippen LogP contribution is 2.04. The van der Waals surface area contributed by atoms with E-state index in [1.807, 2.05) is 6.92 Å². The van der Waals surface area contributed by atoms with E-state index < -0.39 is 0 Å². The number of nitrogens with one attached hydrogen (secondary N) is 1. The van der Waals surface area contributed by atoms with Gasteiger partial charge in [-0.1, -0.05) is 6.92 Å². The minimum Gasteiger partial charge on any atom is -0.465 e. The highest BCUT2D eigenvalue weighted by atomic mass is 16.5. The Kier molecular flexibility index (Phi) is 8.02. The molecule has 5 nitrogen and oxygen atoms in total. The summed E-state index contributed by atoms with van der Waals surface area (Å²) in [6.45, 7) is 10.7. The van der Waals surface area contributed by atoms with Gasteiger partial charge >= 0.3 is 5.97 Å². The number of carbonyl (C=O) groups is 1. The summed E-state index contributed by atoms with van der Waals surface area (Å²) >= 11 is 0. The molecule has 112 valence electrons. The molecule has 0 saturated carbocycles. The maximum absolute atomic E-state index is 11.9. The standard InChI is InChI=1S/C14H29N3O2/c1-4-7-15-13(14(18)19-5-2)6-8-17-11-9-16(3)10-12-17/h13,15H,4-12H2,1-3H3. The van der Waals surface area contributed by atoms with Crippen LogP contribution in [0.3, 0.4) is 0 Å². The van der Waals surface area contributed by atoms with Gasteiger partial charge in [-0.25, -0.2) is 0 Å². The van der Waals surface area contributed by atoms with Gasteiger partial charge < -0.3 is 19.9 Å². The van der Waals surface area contributed by atoms with Gasteiger partial charge in [0.2, 0.25) is 0 Å². The summed E-state index contributed by atoms with van der Waals surface area (Å²) in [5.41, 5.74) is 0. The second-order valence-corrected chi connectivity index (χ2v) is 5.19. The summed E-state index contributed by atoms with van der Waals surface area (Å²) in [5, 5.41) is 3.29. The van der Waals surface area contributed by atoms with Crippen molar-refractivity contribution in [2.24, 2.45) is 0 Å². The first-order valence-corrected chi connectivity index (χ1v) is 7.48. The molecule has 1 saturated heterocycles. The number of carbonyl (C=O) groups excluding carboxylic acids is 1. The van der Waals surface area contributed by atoms with Crippen molar-refractivity contribution in [2.75, 3.05) is 52.9 Å². The molecule has 0 aliphatic carbocycles. The first-order valence-electron chi connectivity index (χ1n) is 7.48. The third-order valence-corrected chi connectivity index (χ3v) is 3.54. The lowest BCUT2D eigenvalue weighted by Gasteiger charge is -2.33. The Bertz CT molecular complexity index is 253. The Balaban J connectivity index is 2.32. The minimum absolute atomic E-state index is 0.106.